The SMILES string of the molecule is O=C(Nc1ccccc1)c1ccc2c(Cc3c(O)c(C(=O)O)cc4cc(CONc5ccccc5)ccc34)c(O)c(C(=O)O)cc2c1. The Hall–Kier alpha value is -6.39. The molecule has 0 radical (unpaired) electrons. The lowest BCUT2D eigenvalue weighted by atomic mass is 9.89. The van der Waals surface area contributed by atoms with Gasteiger partial charge in [-0.15, -0.1) is 0 Å². The van der Waals surface area contributed by atoms with Gasteiger partial charge < -0.3 is 25.7 Å². The lowest BCUT2D eigenvalue weighted by Gasteiger charge is -2.17. The van der Waals surface area contributed by atoms with E-state index in [1.807, 2.05) is 36.4 Å². The molecule has 0 fully saturated rings. The van der Waals surface area contributed by atoms with Gasteiger partial charge in [-0.1, -0.05) is 54.6 Å². The highest BCUT2D eigenvalue weighted by Crippen LogP contribution is 2.39. The summed E-state index contributed by atoms with van der Waals surface area (Å²) in [4.78, 5) is 43.0. The maximum absolute atomic E-state index is 13.0. The highest BCUT2D eigenvalue weighted by Gasteiger charge is 2.23. The van der Waals surface area contributed by atoms with Crippen LogP contribution in [0, 0.1) is 0 Å². The standard InChI is InChI=1S/C37H28N2O8/c40-33-29(27-13-11-21(15-23(27)17-31(33)36(43)44)20-47-39-26-9-5-2-6-10-26)19-30-28-14-12-22(35(42)38-25-7-3-1-4-8-25)16-24(28)18-32(34(30)41)37(45)46/h1-18,39-41H,19-20H2,(H,38,42)(H,43,44)(H,45,46). The minimum atomic E-state index is -1.40. The van der Waals surface area contributed by atoms with E-state index in [2.05, 4.69) is 10.8 Å². The number of carboxylic acids is 2. The first-order valence-electron chi connectivity index (χ1n) is 14.5. The summed E-state index contributed by atoms with van der Waals surface area (Å²) in [6, 6.07) is 30.6. The molecule has 0 atom stereocenters. The molecule has 1 amide bonds. The molecule has 0 aromatic heterocycles. The van der Waals surface area contributed by atoms with Crippen molar-refractivity contribution < 1.29 is 39.6 Å². The van der Waals surface area contributed by atoms with Crippen molar-refractivity contribution >= 4 is 50.8 Å². The molecule has 0 bridgehead atoms. The van der Waals surface area contributed by atoms with Gasteiger partial charge >= 0.3 is 11.9 Å². The van der Waals surface area contributed by atoms with Crippen LogP contribution in [-0.2, 0) is 17.9 Å². The normalized spacial score (nSPS) is 11.0. The number of benzene rings is 6. The van der Waals surface area contributed by atoms with E-state index in [4.69, 9.17) is 4.84 Å². The first kappa shape index (κ1) is 30.6. The van der Waals surface area contributed by atoms with Crippen LogP contribution in [0.3, 0.4) is 0 Å². The summed E-state index contributed by atoms with van der Waals surface area (Å²) in [5.74, 6) is -4.21. The number of anilines is 2. The molecule has 6 aromatic carbocycles. The van der Waals surface area contributed by atoms with E-state index in [1.54, 1.807) is 54.6 Å². The van der Waals surface area contributed by atoms with E-state index < -0.39 is 34.9 Å². The van der Waals surface area contributed by atoms with E-state index in [0.717, 1.165) is 11.3 Å². The van der Waals surface area contributed by atoms with Gasteiger partial charge in [-0.25, -0.2) is 9.59 Å². The van der Waals surface area contributed by atoms with E-state index >= 15 is 0 Å². The van der Waals surface area contributed by atoms with Crippen LogP contribution in [0.4, 0.5) is 11.4 Å². The average molecular weight is 629 g/mol. The van der Waals surface area contributed by atoms with Crippen molar-refractivity contribution in [1.82, 2.24) is 0 Å². The third-order valence-corrected chi connectivity index (χ3v) is 7.81. The fraction of sp³-hybridized carbons (Fsp3) is 0.0541. The van der Waals surface area contributed by atoms with Gasteiger partial charge in [0.05, 0.1) is 12.3 Å². The number of hydrogen-bond donors (Lipinski definition) is 6. The van der Waals surface area contributed by atoms with Gasteiger partial charge in [-0.2, -0.15) is 0 Å². The zero-order valence-electron chi connectivity index (χ0n) is 24.7. The molecule has 0 unspecified atom stereocenters. The summed E-state index contributed by atoms with van der Waals surface area (Å²) >= 11 is 0. The van der Waals surface area contributed by atoms with Crippen molar-refractivity contribution in [2.45, 2.75) is 13.0 Å². The second-order valence-corrected chi connectivity index (χ2v) is 10.9. The number of amides is 1. The van der Waals surface area contributed by atoms with Crippen LogP contribution in [-0.4, -0.2) is 38.3 Å². The topological polar surface area (TPSA) is 165 Å². The molecular formula is C37H28N2O8. The second-order valence-electron chi connectivity index (χ2n) is 10.9. The van der Waals surface area contributed by atoms with Crippen LogP contribution in [0.2, 0.25) is 0 Å². The quantitative estimate of drug-likeness (QED) is 0.0861. The monoisotopic (exact) mass is 628 g/mol. The number of fused-ring (bicyclic) bond motifs is 2. The van der Waals surface area contributed by atoms with Crippen LogP contribution in [0.15, 0.2) is 109 Å². The van der Waals surface area contributed by atoms with Crippen LogP contribution < -0.4 is 10.8 Å². The molecular weight excluding hydrogens is 600 g/mol. The molecule has 6 aromatic rings. The number of carbonyl (C=O) groups is 3. The zero-order valence-corrected chi connectivity index (χ0v) is 24.7. The molecule has 0 spiro atoms. The fourth-order valence-corrected chi connectivity index (χ4v) is 5.52. The maximum atomic E-state index is 13.0. The van der Waals surface area contributed by atoms with Crippen molar-refractivity contribution in [3.63, 3.8) is 0 Å². The van der Waals surface area contributed by atoms with E-state index in [1.165, 1.54) is 18.2 Å². The predicted molar refractivity (Wildman–Crippen MR) is 177 cm³/mol. The first-order valence-corrected chi connectivity index (χ1v) is 14.5. The van der Waals surface area contributed by atoms with E-state index in [-0.39, 0.29) is 35.3 Å². The molecule has 0 aliphatic heterocycles. The zero-order chi connectivity index (χ0) is 33.1. The third-order valence-electron chi connectivity index (χ3n) is 7.81. The molecule has 0 aliphatic carbocycles. The van der Waals surface area contributed by atoms with E-state index in [9.17, 15) is 34.8 Å². The van der Waals surface area contributed by atoms with Crippen LogP contribution in [0.5, 0.6) is 11.5 Å². The number of rotatable bonds is 10. The second kappa shape index (κ2) is 12.9. The Labute approximate surface area is 268 Å². The highest BCUT2D eigenvalue weighted by atomic mass is 16.6. The number of para-hydroxylation sites is 2. The fourth-order valence-electron chi connectivity index (χ4n) is 5.52. The molecule has 234 valence electrons. The predicted octanol–water partition coefficient (Wildman–Crippen LogP) is 7.19. The Morgan fingerprint density at radius 3 is 1.72 bits per heavy atom. The van der Waals surface area contributed by atoms with Crippen molar-refractivity contribution in [2.24, 2.45) is 0 Å². The summed E-state index contributed by atoms with van der Waals surface area (Å²) in [5.41, 5.74) is 4.73. The van der Waals surface area contributed by atoms with Gasteiger partial charge in [0.25, 0.3) is 5.91 Å². The lowest BCUT2D eigenvalue weighted by molar-refractivity contribution is 0.0682. The minimum absolute atomic E-state index is 0.147. The molecule has 10 heteroatoms. The summed E-state index contributed by atoms with van der Waals surface area (Å²) in [6.45, 7) is 0.149. The highest BCUT2D eigenvalue weighted by molar-refractivity contribution is 6.08. The Bertz CT molecular complexity index is 2170. The van der Waals surface area contributed by atoms with Gasteiger partial charge in [0.1, 0.15) is 22.6 Å². The van der Waals surface area contributed by atoms with Gasteiger partial charge in [0.2, 0.25) is 0 Å². The van der Waals surface area contributed by atoms with Crippen LogP contribution in [0.1, 0.15) is 47.8 Å². The van der Waals surface area contributed by atoms with E-state index in [0.29, 0.717) is 27.2 Å². The summed E-state index contributed by atoms with van der Waals surface area (Å²) in [7, 11) is 0. The lowest BCUT2D eigenvalue weighted by Crippen LogP contribution is -2.12. The third kappa shape index (κ3) is 6.39. The Balaban J connectivity index is 1.40. The van der Waals surface area contributed by atoms with Crippen molar-refractivity contribution in [2.75, 3.05) is 10.8 Å². The molecule has 47 heavy (non-hydrogen) atoms. The van der Waals surface area contributed by atoms with Crippen molar-refractivity contribution in [3.8, 4) is 11.5 Å². The molecule has 0 saturated carbocycles. The Morgan fingerprint density at radius 1 is 0.617 bits per heavy atom. The van der Waals surface area contributed by atoms with Gasteiger partial charge in [-0.05, 0) is 81.7 Å². The number of carboxylic acid groups (broad SMARTS) is 2. The van der Waals surface area contributed by atoms with Gasteiger partial charge in [0.15, 0.2) is 0 Å². The number of carbonyl (C=O) groups excluding carboxylic acids is 1. The number of hydrogen-bond acceptors (Lipinski definition) is 7. The number of aromatic carboxylic acids is 2. The first-order chi connectivity index (χ1) is 22.7. The Morgan fingerprint density at radius 2 is 1.15 bits per heavy atom. The molecule has 0 aliphatic rings. The average Bonchev–Trinajstić information content (AvgIpc) is 3.07. The van der Waals surface area contributed by atoms with Gasteiger partial charge in [-0.3, -0.25) is 15.1 Å². The molecule has 6 N–H and O–H groups in total. The molecule has 0 heterocycles. The molecule has 0 saturated heterocycles. The number of phenols is 2. The Kier molecular flexibility index (Phi) is 8.42. The summed E-state index contributed by atoms with van der Waals surface area (Å²) < 4.78 is 0. The molecule has 10 nitrogen and oxygen atoms in total. The number of aromatic hydroxyl groups is 2. The van der Waals surface area contributed by atoms with Crippen molar-refractivity contribution in [1.29, 1.82) is 0 Å². The van der Waals surface area contributed by atoms with Crippen LogP contribution >= 0.6 is 0 Å². The maximum Gasteiger partial charge on any atom is 0.339 e. The van der Waals surface area contributed by atoms with Crippen LogP contribution in [0.25, 0.3) is 21.5 Å². The van der Waals surface area contributed by atoms with Crippen molar-refractivity contribution in [3.05, 3.63) is 143 Å². The molecule has 6 rings (SSSR count). The minimum Gasteiger partial charge on any atom is -0.507 e. The summed E-state index contributed by atoms with van der Waals surface area (Å²) in [5, 5.41) is 46.8. The summed E-state index contributed by atoms with van der Waals surface area (Å²) in [6.07, 6.45) is -0.214. The largest absolute Gasteiger partial charge is 0.507 e. The smallest absolute Gasteiger partial charge is 0.339 e. The van der Waals surface area contributed by atoms with Gasteiger partial charge in [0, 0.05) is 28.8 Å². The number of nitrogens with one attached hydrogen (secondary N) is 2.